The van der Waals surface area contributed by atoms with E-state index in [2.05, 4.69) is 10.3 Å². The highest BCUT2D eigenvalue weighted by Gasteiger charge is 2.08. The first kappa shape index (κ1) is 17.7. The highest BCUT2D eigenvalue weighted by atomic mass is 16.5. The third kappa shape index (κ3) is 3.91. The molecule has 0 bridgehead atoms. The van der Waals surface area contributed by atoms with Crippen molar-refractivity contribution in [3.63, 3.8) is 0 Å². The van der Waals surface area contributed by atoms with E-state index in [0.29, 0.717) is 24.0 Å². The first-order valence-electron chi connectivity index (χ1n) is 8.43. The maximum Gasteiger partial charge on any atom is 0.261 e. The number of nitrogens with zero attached hydrogens (tertiary/aromatic N) is 2. The molecule has 134 valence electrons. The van der Waals surface area contributed by atoms with Crippen molar-refractivity contribution in [3.8, 4) is 5.75 Å². The molecule has 3 aromatic rings. The second-order valence-electron chi connectivity index (χ2n) is 6.09. The highest BCUT2D eigenvalue weighted by Crippen LogP contribution is 2.12. The Balaban J connectivity index is 1.60. The van der Waals surface area contributed by atoms with E-state index >= 15 is 0 Å². The van der Waals surface area contributed by atoms with E-state index in [4.69, 9.17) is 4.74 Å². The molecule has 0 atom stereocenters. The van der Waals surface area contributed by atoms with Crippen LogP contribution < -0.4 is 15.6 Å². The summed E-state index contributed by atoms with van der Waals surface area (Å²) in [7, 11) is 1.61. The molecule has 0 radical (unpaired) electrons. The highest BCUT2D eigenvalue weighted by molar-refractivity contribution is 5.80. The van der Waals surface area contributed by atoms with Gasteiger partial charge in [-0.05, 0) is 36.2 Å². The lowest BCUT2D eigenvalue weighted by molar-refractivity contribution is -0.121. The summed E-state index contributed by atoms with van der Waals surface area (Å²) in [6.07, 6.45) is 1.73. The maximum absolute atomic E-state index is 12.5. The zero-order valence-electron chi connectivity index (χ0n) is 14.9. The van der Waals surface area contributed by atoms with Crippen LogP contribution in [0.15, 0.2) is 53.6 Å². The molecular formula is C20H21N3O3. The number of hydrogen-bond donors (Lipinski definition) is 1. The van der Waals surface area contributed by atoms with E-state index in [0.717, 1.165) is 16.9 Å². The Bertz CT molecular complexity index is 978. The molecule has 3 rings (SSSR count). The summed E-state index contributed by atoms with van der Waals surface area (Å²) in [5, 5.41) is 3.43. The molecule has 1 heterocycles. The molecule has 0 fully saturated rings. The first-order valence-corrected chi connectivity index (χ1v) is 8.43. The largest absolute Gasteiger partial charge is 0.497 e. The van der Waals surface area contributed by atoms with Crippen LogP contribution in [0.3, 0.4) is 0 Å². The zero-order chi connectivity index (χ0) is 18.5. The lowest BCUT2D eigenvalue weighted by atomic mass is 10.1. The molecule has 2 aromatic carbocycles. The fourth-order valence-corrected chi connectivity index (χ4v) is 2.75. The van der Waals surface area contributed by atoms with Gasteiger partial charge >= 0.3 is 0 Å². The Kier molecular flexibility index (Phi) is 5.31. The van der Waals surface area contributed by atoms with E-state index in [1.165, 1.54) is 10.9 Å². The number of rotatable bonds is 6. The molecule has 0 unspecified atom stereocenters. The van der Waals surface area contributed by atoms with Gasteiger partial charge < -0.3 is 10.1 Å². The molecule has 0 aliphatic heterocycles. The number of fused-ring (bicyclic) bond motifs is 1. The van der Waals surface area contributed by atoms with Gasteiger partial charge in [-0.15, -0.1) is 0 Å². The van der Waals surface area contributed by atoms with Gasteiger partial charge in [0.15, 0.2) is 0 Å². The van der Waals surface area contributed by atoms with Crippen molar-refractivity contribution < 1.29 is 9.53 Å². The lowest BCUT2D eigenvalue weighted by Crippen LogP contribution is -2.27. The van der Waals surface area contributed by atoms with Gasteiger partial charge in [0.25, 0.3) is 5.56 Å². The Morgan fingerprint density at radius 1 is 1.19 bits per heavy atom. The summed E-state index contributed by atoms with van der Waals surface area (Å²) in [5.74, 6) is 0.663. The standard InChI is InChI=1S/C20H21N3O3/c1-14-4-3-5-17-19(14)22-13-23(20(17)25)11-10-18(24)21-12-15-6-8-16(26-2)9-7-15/h3-9,13H,10-12H2,1-2H3,(H,21,24). The minimum Gasteiger partial charge on any atom is -0.497 e. The SMILES string of the molecule is COc1ccc(CNC(=O)CCn2cnc3c(C)cccc3c2=O)cc1. The van der Waals surface area contributed by atoms with Crippen molar-refractivity contribution >= 4 is 16.8 Å². The molecular weight excluding hydrogens is 330 g/mol. The Hall–Kier alpha value is -3.15. The maximum atomic E-state index is 12.5. The first-order chi connectivity index (χ1) is 12.6. The van der Waals surface area contributed by atoms with Gasteiger partial charge in [0.05, 0.1) is 24.3 Å². The van der Waals surface area contributed by atoms with E-state index in [1.54, 1.807) is 13.2 Å². The summed E-state index contributed by atoms with van der Waals surface area (Å²) < 4.78 is 6.59. The Morgan fingerprint density at radius 2 is 1.96 bits per heavy atom. The molecule has 6 nitrogen and oxygen atoms in total. The summed E-state index contributed by atoms with van der Waals surface area (Å²) in [5.41, 5.74) is 2.53. The molecule has 1 amide bonds. The van der Waals surface area contributed by atoms with Crippen molar-refractivity contribution in [2.75, 3.05) is 7.11 Å². The van der Waals surface area contributed by atoms with Gasteiger partial charge in [-0.3, -0.25) is 14.2 Å². The van der Waals surface area contributed by atoms with Crippen molar-refractivity contribution in [2.24, 2.45) is 0 Å². The summed E-state index contributed by atoms with van der Waals surface area (Å²) in [6.45, 7) is 2.66. The van der Waals surface area contributed by atoms with Gasteiger partial charge in [0.2, 0.25) is 5.91 Å². The number of benzene rings is 2. The number of ether oxygens (including phenoxy) is 1. The molecule has 1 aromatic heterocycles. The van der Waals surface area contributed by atoms with Gasteiger partial charge in [-0.2, -0.15) is 0 Å². The number of hydrogen-bond acceptors (Lipinski definition) is 4. The molecule has 0 spiro atoms. The molecule has 0 saturated heterocycles. The molecule has 1 N–H and O–H groups in total. The lowest BCUT2D eigenvalue weighted by Gasteiger charge is -2.09. The van der Waals surface area contributed by atoms with Crippen LogP contribution in [0.5, 0.6) is 5.75 Å². The number of carbonyl (C=O) groups is 1. The average Bonchev–Trinajstić information content (AvgIpc) is 2.67. The van der Waals surface area contributed by atoms with E-state index < -0.39 is 0 Å². The van der Waals surface area contributed by atoms with Crippen LogP contribution in [-0.2, 0) is 17.9 Å². The van der Waals surface area contributed by atoms with Crippen molar-refractivity contribution in [1.29, 1.82) is 0 Å². The normalized spacial score (nSPS) is 10.7. The van der Waals surface area contributed by atoms with Gasteiger partial charge in [-0.1, -0.05) is 24.3 Å². The van der Waals surface area contributed by atoms with Crippen LogP contribution in [0.4, 0.5) is 0 Å². The van der Waals surface area contributed by atoms with E-state index in [-0.39, 0.29) is 17.9 Å². The van der Waals surface area contributed by atoms with E-state index in [1.807, 2.05) is 43.3 Å². The minimum atomic E-state index is -0.123. The monoisotopic (exact) mass is 351 g/mol. The fourth-order valence-electron chi connectivity index (χ4n) is 2.75. The van der Waals surface area contributed by atoms with Gasteiger partial charge in [0, 0.05) is 19.5 Å². The van der Waals surface area contributed by atoms with Crippen LogP contribution in [0.25, 0.3) is 10.9 Å². The second-order valence-corrected chi connectivity index (χ2v) is 6.09. The van der Waals surface area contributed by atoms with Crippen LogP contribution in [0.2, 0.25) is 0 Å². The number of aryl methyl sites for hydroxylation is 2. The van der Waals surface area contributed by atoms with Crippen molar-refractivity contribution in [1.82, 2.24) is 14.9 Å². The van der Waals surface area contributed by atoms with Gasteiger partial charge in [0.1, 0.15) is 5.75 Å². The summed E-state index contributed by atoms with van der Waals surface area (Å²) in [6, 6.07) is 13.0. The van der Waals surface area contributed by atoms with Crippen molar-refractivity contribution in [2.45, 2.75) is 26.4 Å². The minimum absolute atomic E-state index is 0.114. The Morgan fingerprint density at radius 3 is 2.69 bits per heavy atom. The topological polar surface area (TPSA) is 73.2 Å². The van der Waals surface area contributed by atoms with Crippen molar-refractivity contribution in [3.05, 3.63) is 70.3 Å². The number of amides is 1. The van der Waals surface area contributed by atoms with Crippen LogP contribution in [-0.4, -0.2) is 22.6 Å². The molecule has 0 saturated carbocycles. The third-order valence-electron chi connectivity index (χ3n) is 4.28. The summed E-state index contributed by atoms with van der Waals surface area (Å²) >= 11 is 0. The third-order valence-corrected chi connectivity index (χ3v) is 4.28. The zero-order valence-corrected chi connectivity index (χ0v) is 14.9. The second kappa shape index (κ2) is 7.82. The Labute approximate surface area is 151 Å². The predicted molar refractivity (Wildman–Crippen MR) is 100 cm³/mol. The number of nitrogens with one attached hydrogen (secondary N) is 1. The molecule has 26 heavy (non-hydrogen) atoms. The van der Waals surface area contributed by atoms with Crippen LogP contribution >= 0.6 is 0 Å². The van der Waals surface area contributed by atoms with Gasteiger partial charge in [-0.25, -0.2) is 4.98 Å². The van der Waals surface area contributed by atoms with Crippen LogP contribution in [0.1, 0.15) is 17.5 Å². The summed E-state index contributed by atoms with van der Waals surface area (Å²) in [4.78, 5) is 28.9. The average molecular weight is 351 g/mol. The number of aromatic nitrogens is 2. The molecule has 0 aliphatic rings. The number of carbonyl (C=O) groups excluding carboxylic acids is 1. The fraction of sp³-hybridized carbons (Fsp3) is 0.250. The predicted octanol–water partition coefficient (Wildman–Crippen LogP) is 2.42. The smallest absolute Gasteiger partial charge is 0.261 e. The quantitative estimate of drug-likeness (QED) is 0.740. The number of para-hydroxylation sites is 1. The van der Waals surface area contributed by atoms with Crippen LogP contribution in [0, 0.1) is 6.92 Å². The molecule has 0 aliphatic carbocycles. The van der Waals surface area contributed by atoms with E-state index in [9.17, 15) is 9.59 Å². The number of methoxy groups -OCH3 is 1. The molecule has 6 heteroatoms.